The molecule has 0 saturated heterocycles. The maximum atomic E-state index is 5.26. The number of fused-ring (bicyclic) bond motifs is 1. The summed E-state index contributed by atoms with van der Waals surface area (Å²) in [6, 6.07) is 3.75. The molecule has 2 N–H and O–H groups in total. The lowest BCUT2D eigenvalue weighted by Crippen LogP contribution is -2.19. The number of hydrogen-bond acceptors (Lipinski definition) is 5. The van der Waals surface area contributed by atoms with Crippen molar-refractivity contribution in [3.05, 3.63) is 18.0 Å². The number of hydrogen-bond donors (Lipinski definition) is 2. The van der Waals surface area contributed by atoms with E-state index in [-0.39, 0.29) is 0 Å². The lowest BCUT2D eigenvalue weighted by Gasteiger charge is -2.06. The monoisotopic (exact) mass is 265 g/mol. The van der Waals surface area contributed by atoms with E-state index < -0.39 is 0 Å². The zero-order valence-electron chi connectivity index (χ0n) is 11.4. The molecule has 0 amide bonds. The van der Waals surface area contributed by atoms with Gasteiger partial charge in [0, 0.05) is 25.8 Å². The van der Waals surface area contributed by atoms with Crippen LogP contribution in [0.15, 0.2) is 12.1 Å². The van der Waals surface area contributed by atoms with Crippen LogP contribution >= 0.6 is 0 Å². The average molecular weight is 265 g/mol. The molecular formula is C13H19N3O3. The molecule has 0 spiro atoms. The van der Waals surface area contributed by atoms with Crippen LogP contribution in [0.1, 0.15) is 5.82 Å². The zero-order chi connectivity index (χ0) is 13.7. The summed E-state index contributed by atoms with van der Waals surface area (Å²) in [5.41, 5.74) is 1.79. The van der Waals surface area contributed by atoms with Crippen LogP contribution < -0.4 is 14.8 Å². The third-order valence-corrected chi connectivity index (χ3v) is 2.81. The van der Waals surface area contributed by atoms with Crippen LogP contribution in [0, 0.1) is 0 Å². The Morgan fingerprint density at radius 2 is 1.89 bits per heavy atom. The van der Waals surface area contributed by atoms with Crippen LogP contribution in [0.3, 0.4) is 0 Å². The second-order valence-electron chi connectivity index (χ2n) is 4.08. The van der Waals surface area contributed by atoms with Crippen LogP contribution in [0.2, 0.25) is 0 Å². The van der Waals surface area contributed by atoms with Gasteiger partial charge in [0.05, 0.1) is 38.4 Å². The molecule has 0 unspecified atom stereocenters. The zero-order valence-corrected chi connectivity index (χ0v) is 11.4. The Labute approximate surface area is 112 Å². The number of benzene rings is 1. The second-order valence-corrected chi connectivity index (χ2v) is 4.08. The summed E-state index contributed by atoms with van der Waals surface area (Å²) in [5, 5.41) is 3.24. The highest BCUT2D eigenvalue weighted by Crippen LogP contribution is 2.30. The van der Waals surface area contributed by atoms with Gasteiger partial charge >= 0.3 is 0 Å². The molecule has 1 aromatic carbocycles. The smallest absolute Gasteiger partial charge is 0.163 e. The maximum Gasteiger partial charge on any atom is 0.163 e. The van der Waals surface area contributed by atoms with Gasteiger partial charge in [0.2, 0.25) is 0 Å². The van der Waals surface area contributed by atoms with Gasteiger partial charge in [-0.25, -0.2) is 4.98 Å². The van der Waals surface area contributed by atoms with Gasteiger partial charge in [-0.05, 0) is 0 Å². The van der Waals surface area contributed by atoms with Crippen molar-refractivity contribution in [2.45, 2.75) is 6.54 Å². The van der Waals surface area contributed by atoms with Crippen molar-refractivity contribution in [1.29, 1.82) is 0 Å². The Kier molecular flexibility index (Phi) is 4.59. The minimum atomic E-state index is 0.669. The summed E-state index contributed by atoms with van der Waals surface area (Å²) in [6.45, 7) is 2.14. The van der Waals surface area contributed by atoms with Gasteiger partial charge < -0.3 is 24.5 Å². The normalized spacial score (nSPS) is 10.9. The summed E-state index contributed by atoms with van der Waals surface area (Å²) >= 11 is 0. The van der Waals surface area contributed by atoms with Gasteiger partial charge in [0.15, 0.2) is 11.5 Å². The molecule has 0 aliphatic carbocycles. The number of H-pyrrole nitrogens is 1. The number of imidazole rings is 1. The molecule has 2 rings (SSSR count). The van der Waals surface area contributed by atoms with Gasteiger partial charge in [0.1, 0.15) is 5.82 Å². The fourth-order valence-corrected chi connectivity index (χ4v) is 1.85. The predicted octanol–water partition coefficient (Wildman–Crippen LogP) is 1.32. The third-order valence-electron chi connectivity index (χ3n) is 2.81. The number of rotatable bonds is 7. The molecule has 0 bridgehead atoms. The van der Waals surface area contributed by atoms with Crippen molar-refractivity contribution in [3.63, 3.8) is 0 Å². The highest BCUT2D eigenvalue weighted by atomic mass is 16.5. The number of methoxy groups -OCH3 is 3. The molecule has 1 heterocycles. The first-order chi connectivity index (χ1) is 9.28. The average Bonchev–Trinajstić information content (AvgIpc) is 2.83. The van der Waals surface area contributed by atoms with Crippen molar-refractivity contribution in [2.24, 2.45) is 0 Å². The summed E-state index contributed by atoms with van der Waals surface area (Å²) in [7, 11) is 4.91. The van der Waals surface area contributed by atoms with Gasteiger partial charge in [-0.15, -0.1) is 0 Å². The largest absolute Gasteiger partial charge is 0.493 e. The fraction of sp³-hybridized carbons (Fsp3) is 0.462. The summed E-state index contributed by atoms with van der Waals surface area (Å²) in [6.07, 6.45) is 0. The Bertz CT molecular complexity index is 498. The predicted molar refractivity (Wildman–Crippen MR) is 72.8 cm³/mol. The van der Waals surface area contributed by atoms with Crippen molar-refractivity contribution >= 4 is 11.0 Å². The Morgan fingerprint density at radius 1 is 1.16 bits per heavy atom. The topological polar surface area (TPSA) is 68.4 Å². The lowest BCUT2D eigenvalue weighted by molar-refractivity contribution is 0.199. The molecule has 19 heavy (non-hydrogen) atoms. The van der Waals surface area contributed by atoms with Crippen molar-refractivity contribution in [3.8, 4) is 11.5 Å². The van der Waals surface area contributed by atoms with E-state index in [1.807, 2.05) is 12.1 Å². The molecule has 0 aliphatic heterocycles. The molecule has 6 heteroatoms. The van der Waals surface area contributed by atoms with Crippen LogP contribution in [-0.2, 0) is 11.3 Å². The number of nitrogens with one attached hydrogen (secondary N) is 2. The number of aromatic amines is 1. The minimum Gasteiger partial charge on any atom is -0.493 e. The Balaban J connectivity index is 2.15. The van der Waals surface area contributed by atoms with E-state index in [9.17, 15) is 0 Å². The van der Waals surface area contributed by atoms with Gasteiger partial charge in [0.25, 0.3) is 0 Å². The first-order valence-electron chi connectivity index (χ1n) is 6.08. The first-order valence-corrected chi connectivity index (χ1v) is 6.08. The van der Waals surface area contributed by atoms with Crippen LogP contribution in [0.25, 0.3) is 11.0 Å². The maximum absolute atomic E-state index is 5.26. The van der Waals surface area contributed by atoms with E-state index in [2.05, 4.69) is 15.3 Å². The second kappa shape index (κ2) is 6.40. The fourth-order valence-electron chi connectivity index (χ4n) is 1.85. The SMILES string of the molecule is COCCNCc1nc2cc(OC)c(OC)cc2[nH]1. The molecule has 6 nitrogen and oxygen atoms in total. The summed E-state index contributed by atoms with van der Waals surface area (Å²) < 4.78 is 15.5. The standard InChI is InChI=1S/C13H19N3O3/c1-17-5-4-14-8-13-15-9-6-11(18-2)12(19-3)7-10(9)16-13/h6-7,14H,4-5,8H2,1-3H3,(H,15,16). The van der Waals surface area contributed by atoms with Crippen molar-refractivity contribution in [1.82, 2.24) is 15.3 Å². The molecule has 0 radical (unpaired) electrons. The van der Waals surface area contributed by atoms with E-state index in [1.165, 1.54) is 0 Å². The highest BCUT2D eigenvalue weighted by Gasteiger charge is 2.09. The van der Waals surface area contributed by atoms with E-state index in [4.69, 9.17) is 14.2 Å². The van der Waals surface area contributed by atoms with Crippen LogP contribution in [0.5, 0.6) is 11.5 Å². The molecule has 0 aliphatic rings. The molecule has 2 aromatic rings. The van der Waals surface area contributed by atoms with Crippen molar-refractivity contribution in [2.75, 3.05) is 34.5 Å². The Hall–Kier alpha value is -1.79. The molecule has 0 fully saturated rings. The highest BCUT2D eigenvalue weighted by molar-refractivity contribution is 5.79. The number of aromatic nitrogens is 2. The number of ether oxygens (including phenoxy) is 3. The molecule has 104 valence electrons. The third kappa shape index (κ3) is 3.15. The van der Waals surface area contributed by atoms with E-state index in [0.29, 0.717) is 24.7 Å². The molecule has 1 aromatic heterocycles. The van der Waals surface area contributed by atoms with Gasteiger partial charge in [-0.2, -0.15) is 0 Å². The Morgan fingerprint density at radius 3 is 2.58 bits per heavy atom. The molecule has 0 saturated carbocycles. The van der Waals surface area contributed by atoms with Crippen molar-refractivity contribution < 1.29 is 14.2 Å². The summed E-state index contributed by atoms with van der Waals surface area (Å²) in [4.78, 5) is 7.75. The summed E-state index contributed by atoms with van der Waals surface area (Å²) in [5.74, 6) is 2.25. The lowest BCUT2D eigenvalue weighted by atomic mass is 10.3. The van der Waals surface area contributed by atoms with Gasteiger partial charge in [-0.1, -0.05) is 0 Å². The molecular weight excluding hydrogens is 246 g/mol. The van der Waals surface area contributed by atoms with Crippen LogP contribution in [0.4, 0.5) is 0 Å². The van der Waals surface area contributed by atoms with E-state index in [1.54, 1.807) is 21.3 Å². The number of nitrogens with zero attached hydrogens (tertiary/aromatic N) is 1. The first kappa shape index (κ1) is 13.6. The quantitative estimate of drug-likeness (QED) is 0.739. The van der Waals surface area contributed by atoms with Gasteiger partial charge in [-0.3, -0.25) is 0 Å². The minimum absolute atomic E-state index is 0.669. The molecule has 0 atom stereocenters. The van der Waals surface area contributed by atoms with E-state index in [0.717, 1.165) is 23.4 Å². The van der Waals surface area contributed by atoms with Crippen LogP contribution in [-0.4, -0.2) is 44.4 Å². The van der Waals surface area contributed by atoms with E-state index >= 15 is 0 Å².